The Morgan fingerprint density at radius 3 is 2.56 bits per heavy atom. The van der Waals surface area contributed by atoms with E-state index in [9.17, 15) is 15.0 Å². The Hall–Kier alpha value is -2.49. The molecule has 0 aliphatic heterocycles. The maximum Gasteiger partial charge on any atom is 0.343 e. The minimum absolute atomic E-state index is 0.0680. The maximum absolute atomic E-state index is 11.8. The van der Waals surface area contributed by atoms with Crippen molar-refractivity contribution in [1.82, 2.24) is 0 Å². The van der Waals surface area contributed by atoms with Gasteiger partial charge in [0, 0.05) is 0 Å². The molecule has 0 spiro atoms. The smallest absolute Gasteiger partial charge is 0.343 e. The van der Waals surface area contributed by atoms with Crippen molar-refractivity contribution in [1.29, 1.82) is 0 Å². The number of esters is 1. The van der Waals surface area contributed by atoms with E-state index in [-0.39, 0.29) is 11.5 Å². The molecule has 0 heterocycles. The number of phenols is 2. The summed E-state index contributed by atoms with van der Waals surface area (Å²) in [7, 11) is 0. The van der Waals surface area contributed by atoms with Crippen LogP contribution in [0.25, 0.3) is 0 Å². The summed E-state index contributed by atoms with van der Waals surface area (Å²) in [6.45, 7) is 1.86. The standard InChI is InChI=1S/C14H12O4/c1-9-4-2-5-10(8-9)14(17)18-12-7-3-6-11(15)13(12)16/h2-8,15-16H,1H3. The summed E-state index contributed by atoms with van der Waals surface area (Å²) in [6, 6.07) is 11.1. The lowest BCUT2D eigenvalue weighted by Crippen LogP contribution is -2.08. The molecule has 2 rings (SSSR count). The highest BCUT2D eigenvalue weighted by molar-refractivity contribution is 5.91. The number of hydrogen-bond donors (Lipinski definition) is 2. The molecule has 2 aromatic rings. The minimum Gasteiger partial charge on any atom is -0.504 e. The fourth-order valence-electron chi connectivity index (χ4n) is 1.52. The molecule has 0 radical (unpaired) electrons. The third kappa shape index (κ3) is 2.43. The number of phenolic OH excluding ortho intramolecular Hbond substituents is 2. The molecule has 0 unspecified atom stereocenters. The largest absolute Gasteiger partial charge is 0.504 e. The normalized spacial score (nSPS) is 10.1. The van der Waals surface area contributed by atoms with Crippen LogP contribution in [0.2, 0.25) is 0 Å². The van der Waals surface area contributed by atoms with Crippen LogP contribution in [0.5, 0.6) is 17.2 Å². The second-order valence-corrected chi connectivity index (χ2v) is 3.88. The molecule has 0 aromatic heterocycles. The van der Waals surface area contributed by atoms with E-state index in [1.54, 1.807) is 18.2 Å². The summed E-state index contributed by atoms with van der Waals surface area (Å²) >= 11 is 0. The fourth-order valence-corrected chi connectivity index (χ4v) is 1.52. The number of aromatic hydroxyl groups is 2. The molecule has 92 valence electrons. The second-order valence-electron chi connectivity index (χ2n) is 3.88. The van der Waals surface area contributed by atoms with E-state index in [2.05, 4.69) is 0 Å². The number of carbonyl (C=O) groups is 1. The monoisotopic (exact) mass is 244 g/mol. The quantitative estimate of drug-likeness (QED) is 0.484. The predicted octanol–water partition coefficient (Wildman–Crippen LogP) is 2.63. The SMILES string of the molecule is Cc1cccc(C(=O)Oc2cccc(O)c2O)c1. The zero-order valence-corrected chi connectivity index (χ0v) is 9.75. The summed E-state index contributed by atoms with van der Waals surface area (Å²) in [4.78, 5) is 11.8. The topological polar surface area (TPSA) is 66.8 Å². The van der Waals surface area contributed by atoms with Gasteiger partial charge in [-0.3, -0.25) is 0 Å². The van der Waals surface area contributed by atoms with Crippen molar-refractivity contribution in [2.24, 2.45) is 0 Å². The molecule has 0 fully saturated rings. The summed E-state index contributed by atoms with van der Waals surface area (Å²) in [5.74, 6) is -1.43. The zero-order valence-electron chi connectivity index (χ0n) is 9.75. The van der Waals surface area contributed by atoms with Crippen molar-refractivity contribution in [3.05, 3.63) is 53.6 Å². The van der Waals surface area contributed by atoms with Gasteiger partial charge in [0.25, 0.3) is 0 Å². The Labute approximate surface area is 104 Å². The van der Waals surface area contributed by atoms with Crippen LogP contribution >= 0.6 is 0 Å². The van der Waals surface area contributed by atoms with Crippen LogP contribution in [0, 0.1) is 6.92 Å². The first-order valence-electron chi connectivity index (χ1n) is 5.37. The number of aryl methyl sites for hydroxylation is 1. The molecular weight excluding hydrogens is 232 g/mol. The number of carbonyl (C=O) groups excluding carboxylic acids is 1. The van der Waals surface area contributed by atoms with Crippen LogP contribution in [-0.2, 0) is 0 Å². The molecular formula is C14H12O4. The highest BCUT2D eigenvalue weighted by Gasteiger charge is 2.13. The van der Waals surface area contributed by atoms with Crippen molar-refractivity contribution in [3.63, 3.8) is 0 Å². The lowest BCUT2D eigenvalue weighted by Gasteiger charge is -2.07. The van der Waals surface area contributed by atoms with Gasteiger partial charge >= 0.3 is 5.97 Å². The Bertz CT molecular complexity index is 590. The van der Waals surface area contributed by atoms with Crippen LogP contribution < -0.4 is 4.74 Å². The van der Waals surface area contributed by atoms with Gasteiger partial charge in [-0.15, -0.1) is 0 Å². The first-order chi connectivity index (χ1) is 8.58. The third-order valence-electron chi connectivity index (χ3n) is 2.43. The summed E-state index contributed by atoms with van der Waals surface area (Å²) in [5, 5.41) is 18.8. The van der Waals surface area contributed by atoms with Gasteiger partial charge in [0.2, 0.25) is 5.75 Å². The maximum atomic E-state index is 11.8. The minimum atomic E-state index is -0.584. The molecule has 2 aromatic carbocycles. The van der Waals surface area contributed by atoms with Crippen LogP contribution in [0.15, 0.2) is 42.5 Å². The second kappa shape index (κ2) is 4.79. The Kier molecular flexibility index (Phi) is 3.19. The molecule has 18 heavy (non-hydrogen) atoms. The number of para-hydroxylation sites is 1. The summed E-state index contributed by atoms with van der Waals surface area (Å²) in [5.41, 5.74) is 1.32. The van der Waals surface area contributed by atoms with Crippen LogP contribution in [0.3, 0.4) is 0 Å². The lowest BCUT2D eigenvalue weighted by atomic mass is 10.1. The van der Waals surface area contributed by atoms with E-state index in [4.69, 9.17) is 4.74 Å². The predicted molar refractivity (Wildman–Crippen MR) is 65.9 cm³/mol. The van der Waals surface area contributed by atoms with E-state index >= 15 is 0 Å². The van der Waals surface area contributed by atoms with E-state index < -0.39 is 11.7 Å². The lowest BCUT2D eigenvalue weighted by molar-refractivity contribution is 0.0729. The fraction of sp³-hybridized carbons (Fsp3) is 0.0714. The number of hydrogen-bond acceptors (Lipinski definition) is 4. The Morgan fingerprint density at radius 1 is 1.11 bits per heavy atom. The first-order valence-corrected chi connectivity index (χ1v) is 5.37. The van der Waals surface area contributed by atoms with Gasteiger partial charge in [-0.1, -0.05) is 23.8 Å². The van der Waals surface area contributed by atoms with Crippen molar-refractivity contribution in [2.45, 2.75) is 6.92 Å². The number of ether oxygens (including phenoxy) is 1. The Morgan fingerprint density at radius 2 is 1.83 bits per heavy atom. The van der Waals surface area contributed by atoms with Crippen LogP contribution in [0.4, 0.5) is 0 Å². The third-order valence-corrected chi connectivity index (χ3v) is 2.43. The number of benzene rings is 2. The average molecular weight is 244 g/mol. The van der Waals surface area contributed by atoms with Gasteiger partial charge in [0.05, 0.1) is 5.56 Å². The molecule has 4 nitrogen and oxygen atoms in total. The van der Waals surface area contributed by atoms with Gasteiger partial charge in [-0.05, 0) is 31.2 Å². The van der Waals surface area contributed by atoms with E-state index in [1.807, 2.05) is 13.0 Å². The molecule has 0 amide bonds. The average Bonchev–Trinajstić information content (AvgIpc) is 2.35. The van der Waals surface area contributed by atoms with E-state index in [1.165, 1.54) is 18.2 Å². The van der Waals surface area contributed by atoms with Crippen LogP contribution in [-0.4, -0.2) is 16.2 Å². The van der Waals surface area contributed by atoms with E-state index in [0.29, 0.717) is 5.56 Å². The van der Waals surface area contributed by atoms with Crippen LogP contribution in [0.1, 0.15) is 15.9 Å². The van der Waals surface area contributed by atoms with Crippen molar-refractivity contribution in [3.8, 4) is 17.2 Å². The van der Waals surface area contributed by atoms with Gasteiger partial charge in [-0.25, -0.2) is 4.79 Å². The Balaban J connectivity index is 2.24. The van der Waals surface area contributed by atoms with Crippen molar-refractivity contribution >= 4 is 5.97 Å². The molecule has 0 saturated heterocycles. The van der Waals surface area contributed by atoms with Gasteiger partial charge in [-0.2, -0.15) is 0 Å². The molecule has 0 atom stereocenters. The molecule has 0 aliphatic rings. The highest BCUT2D eigenvalue weighted by Crippen LogP contribution is 2.34. The highest BCUT2D eigenvalue weighted by atomic mass is 16.5. The first kappa shape index (κ1) is 12.0. The van der Waals surface area contributed by atoms with Gasteiger partial charge < -0.3 is 14.9 Å². The van der Waals surface area contributed by atoms with Gasteiger partial charge in [0.1, 0.15) is 0 Å². The molecule has 2 N–H and O–H groups in total. The van der Waals surface area contributed by atoms with Crippen molar-refractivity contribution in [2.75, 3.05) is 0 Å². The van der Waals surface area contributed by atoms with Crippen molar-refractivity contribution < 1.29 is 19.7 Å². The summed E-state index contributed by atoms with van der Waals surface area (Å²) in [6.07, 6.45) is 0. The van der Waals surface area contributed by atoms with Gasteiger partial charge in [0.15, 0.2) is 11.5 Å². The molecule has 0 bridgehead atoms. The summed E-state index contributed by atoms with van der Waals surface area (Å²) < 4.78 is 5.02. The zero-order chi connectivity index (χ0) is 13.1. The molecule has 4 heteroatoms. The molecule has 0 saturated carbocycles. The molecule has 0 aliphatic carbocycles. The van der Waals surface area contributed by atoms with E-state index in [0.717, 1.165) is 5.56 Å². The number of rotatable bonds is 2.